The molecule has 7 heteroatoms. The number of rotatable bonds is 4. The van der Waals surface area contributed by atoms with Gasteiger partial charge in [-0.15, -0.1) is 0 Å². The molecule has 1 fully saturated rings. The summed E-state index contributed by atoms with van der Waals surface area (Å²) in [7, 11) is 0. The van der Waals surface area contributed by atoms with Crippen LogP contribution in [0.2, 0.25) is 0 Å². The van der Waals surface area contributed by atoms with E-state index in [4.69, 9.17) is 4.52 Å². The number of hydrogen-bond donors (Lipinski definition) is 1. The predicted octanol–water partition coefficient (Wildman–Crippen LogP) is 4.14. The van der Waals surface area contributed by atoms with Gasteiger partial charge in [0.2, 0.25) is 0 Å². The van der Waals surface area contributed by atoms with E-state index in [9.17, 15) is 14.7 Å². The highest BCUT2D eigenvalue weighted by molar-refractivity contribution is 6.28. The number of aromatic nitrogens is 1. The summed E-state index contributed by atoms with van der Waals surface area (Å²) < 4.78 is 5.82. The first-order valence-electron chi connectivity index (χ1n) is 11.1. The molecule has 1 saturated heterocycles. The number of benzene rings is 3. The van der Waals surface area contributed by atoms with E-state index in [2.05, 4.69) is 15.4 Å². The third-order valence-electron chi connectivity index (χ3n) is 6.45. The molecule has 4 aromatic rings. The number of nitrogens with zero attached hydrogens (tertiary/aromatic N) is 2. The lowest BCUT2D eigenvalue weighted by molar-refractivity contribution is -0.255. The topological polar surface area (TPSA) is 98.5 Å². The summed E-state index contributed by atoms with van der Waals surface area (Å²) in [5.74, 6) is -0.786. The maximum absolute atomic E-state index is 13.6. The van der Waals surface area contributed by atoms with Gasteiger partial charge >= 0.3 is 0 Å². The molecule has 3 aromatic carbocycles. The van der Waals surface area contributed by atoms with E-state index in [0.717, 1.165) is 37.2 Å². The van der Waals surface area contributed by atoms with Crippen LogP contribution in [-0.2, 0) is 0 Å². The molecule has 6 rings (SSSR count). The Hall–Kier alpha value is -4.13. The largest absolute Gasteiger partial charge is 0.545 e. The molecule has 2 heterocycles. The van der Waals surface area contributed by atoms with Crippen molar-refractivity contribution in [1.29, 1.82) is 0 Å². The van der Waals surface area contributed by atoms with Gasteiger partial charge in [-0.2, -0.15) is 0 Å². The maximum Gasteiger partial charge on any atom is 0.196 e. The smallest absolute Gasteiger partial charge is 0.196 e. The van der Waals surface area contributed by atoms with Gasteiger partial charge in [0.25, 0.3) is 0 Å². The van der Waals surface area contributed by atoms with E-state index in [-0.39, 0.29) is 11.3 Å². The Labute approximate surface area is 189 Å². The Balaban J connectivity index is 1.59. The number of hydrogen-bond acceptors (Lipinski definition) is 7. The molecule has 0 amide bonds. The van der Waals surface area contributed by atoms with Crippen molar-refractivity contribution in [3.63, 3.8) is 0 Å². The molecule has 33 heavy (non-hydrogen) atoms. The van der Waals surface area contributed by atoms with Crippen molar-refractivity contribution in [3.8, 4) is 11.3 Å². The van der Waals surface area contributed by atoms with Crippen LogP contribution >= 0.6 is 0 Å². The summed E-state index contributed by atoms with van der Waals surface area (Å²) in [4.78, 5) is 27.3. The molecule has 164 valence electrons. The number of anilines is 3. The Bertz CT molecular complexity index is 1430. The predicted molar refractivity (Wildman–Crippen MR) is 123 cm³/mol. The molecule has 2 aliphatic rings. The first-order chi connectivity index (χ1) is 16.1. The number of nitrogens with one attached hydrogen (secondary N) is 1. The first kappa shape index (κ1) is 19.5. The Kier molecular flexibility index (Phi) is 4.43. The lowest BCUT2D eigenvalue weighted by Crippen LogP contribution is -2.30. The molecule has 0 atom stereocenters. The molecule has 1 aromatic heterocycles. The van der Waals surface area contributed by atoms with Gasteiger partial charge in [0.05, 0.1) is 28.3 Å². The molecule has 0 saturated carbocycles. The summed E-state index contributed by atoms with van der Waals surface area (Å²) in [6.07, 6.45) is 3.37. The van der Waals surface area contributed by atoms with E-state index in [1.807, 2.05) is 24.3 Å². The molecule has 7 nitrogen and oxygen atoms in total. The lowest BCUT2D eigenvalue weighted by Gasteiger charge is -2.30. The summed E-state index contributed by atoms with van der Waals surface area (Å²) in [6, 6.07) is 15.7. The SMILES string of the molecule is O=C([O-])c1cccc(Nc2cc(N3CCCCC3)c3noc4c3c2C(=O)c2ccccc2-4)c1. The fourth-order valence-corrected chi connectivity index (χ4v) is 4.90. The normalized spacial score (nSPS) is 14.9. The molecule has 0 spiro atoms. The van der Waals surface area contributed by atoms with E-state index in [0.29, 0.717) is 39.2 Å². The van der Waals surface area contributed by atoms with Crippen molar-refractivity contribution >= 4 is 39.7 Å². The van der Waals surface area contributed by atoms with Crippen LogP contribution in [0.1, 0.15) is 45.5 Å². The van der Waals surface area contributed by atoms with Gasteiger partial charge in [-0.3, -0.25) is 4.79 Å². The van der Waals surface area contributed by atoms with Crippen LogP contribution in [0, 0.1) is 0 Å². The van der Waals surface area contributed by atoms with Gasteiger partial charge in [0.1, 0.15) is 5.52 Å². The van der Waals surface area contributed by atoms with Crippen LogP contribution < -0.4 is 15.3 Å². The molecule has 1 aliphatic carbocycles. The molecular weight excluding hydrogens is 418 g/mol. The second-order valence-corrected chi connectivity index (χ2v) is 8.47. The van der Waals surface area contributed by atoms with Gasteiger partial charge in [0.15, 0.2) is 11.5 Å². The van der Waals surface area contributed by atoms with Crippen LogP contribution in [0.3, 0.4) is 0 Å². The number of carbonyl (C=O) groups excluding carboxylic acids is 2. The van der Waals surface area contributed by atoms with Gasteiger partial charge in [-0.25, -0.2) is 0 Å². The number of ketones is 1. The first-order valence-corrected chi connectivity index (χ1v) is 11.1. The van der Waals surface area contributed by atoms with Gasteiger partial charge in [-0.05, 0) is 43.0 Å². The summed E-state index contributed by atoms with van der Waals surface area (Å²) in [5.41, 5.74) is 4.59. The Morgan fingerprint density at radius 1 is 1.00 bits per heavy atom. The van der Waals surface area contributed by atoms with E-state index >= 15 is 0 Å². The van der Waals surface area contributed by atoms with E-state index < -0.39 is 5.97 Å². The van der Waals surface area contributed by atoms with Crippen LogP contribution in [-0.4, -0.2) is 30.0 Å². The zero-order valence-corrected chi connectivity index (χ0v) is 17.8. The highest BCUT2D eigenvalue weighted by atomic mass is 16.5. The number of fused-ring (bicyclic) bond motifs is 2. The summed E-state index contributed by atoms with van der Waals surface area (Å²) in [5, 5.41) is 19.7. The minimum Gasteiger partial charge on any atom is -0.545 e. The Morgan fingerprint density at radius 2 is 1.79 bits per heavy atom. The second kappa shape index (κ2) is 7.48. The average molecular weight is 438 g/mol. The lowest BCUT2D eigenvalue weighted by atomic mass is 9.86. The standard InChI is InChI=1S/C26H21N3O4/c30-24-17-9-2-3-10-18(17)25-22-21(24)19(27-16-8-6-7-15(13-16)26(31)32)14-20(23(22)28-33-25)29-11-4-1-5-12-29/h2-3,6-10,13-14,27H,1,4-5,11-12H2,(H,31,32)/p-1. The van der Waals surface area contributed by atoms with Crippen LogP contribution in [0.4, 0.5) is 17.1 Å². The molecule has 1 aliphatic heterocycles. The number of carbonyl (C=O) groups is 2. The third-order valence-corrected chi connectivity index (χ3v) is 6.45. The molecular formula is C26H20N3O4-. The average Bonchev–Trinajstić information content (AvgIpc) is 3.29. The van der Waals surface area contributed by atoms with Crippen LogP contribution in [0.25, 0.3) is 22.2 Å². The monoisotopic (exact) mass is 438 g/mol. The number of carboxylic acid groups (broad SMARTS) is 1. The van der Waals surface area contributed by atoms with Gasteiger partial charge in [0, 0.05) is 29.9 Å². The zero-order valence-electron chi connectivity index (χ0n) is 17.8. The van der Waals surface area contributed by atoms with Gasteiger partial charge < -0.3 is 24.6 Å². The molecule has 1 N–H and O–H groups in total. The van der Waals surface area contributed by atoms with Crippen molar-refractivity contribution < 1.29 is 19.2 Å². The Morgan fingerprint density at radius 3 is 2.58 bits per heavy atom. The molecule has 0 radical (unpaired) electrons. The molecule has 0 bridgehead atoms. The van der Waals surface area contributed by atoms with Gasteiger partial charge in [-0.1, -0.05) is 41.6 Å². The fraction of sp³-hybridized carbons (Fsp3) is 0.192. The van der Waals surface area contributed by atoms with Crippen molar-refractivity contribution in [2.75, 3.05) is 23.3 Å². The second-order valence-electron chi connectivity index (χ2n) is 8.47. The van der Waals surface area contributed by atoms with Crippen LogP contribution in [0.5, 0.6) is 0 Å². The molecule has 0 unspecified atom stereocenters. The van der Waals surface area contributed by atoms with Crippen molar-refractivity contribution in [1.82, 2.24) is 5.16 Å². The van der Waals surface area contributed by atoms with Crippen molar-refractivity contribution in [3.05, 3.63) is 71.3 Å². The maximum atomic E-state index is 13.6. The highest BCUT2D eigenvalue weighted by Gasteiger charge is 2.33. The number of piperidine rings is 1. The van der Waals surface area contributed by atoms with Crippen LogP contribution in [0.15, 0.2) is 59.1 Å². The fourth-order valence-electron chi connectivity index (χ4n) is 4.90. The quantitative estimate of drug-likeness (QED) is 0.450. The highest BCUT2D eigenvalue weighted by Crippen LogP contribution is 2.46. The van der Waals surface area contributed by atoms with E-state index in [1.165, 1.54) is 18.6 Å². The number of aromatic carboxylic acids is 1. The third kappa shape index (κ3) is 3.08. The summed E-state index contributed by atoms with van der Waals surface area (Å²) in [6.45, 7) is 1.81. The minimum absolute atomic E-state index is 0.0633. The van der Waals surface area contributed by atoms with Crippen molar-refractivity contribution in [2.45, 2.75) is 19.3 Å². The zero-order chi connectivity index (χ0) is 22.5. The van der Waals surface area contributed by atoms with Crippen molar-refractivity contribution in [2.24, 2.45) is 0 Å². The minimum atomic E-state index is -1.25. The number of carboxylic acids is 1. The summed E-state index contributed by atoms with van der Waals surface area (Å²) >= 11 is 0. The van der Waals surface area contributed by atoms with E-state index in [1.54, 1.807) is 18.2 Å².